The van der Waals surface area contributed by atoms with Crippen molar-refractivity contribution in [3.05, 3.63) is 100 Å². The predicted octanol–water partition coefficient (Wildman–Crippen LogP) is 5.64. The van der Waals surface area contributed by atoms with Crippen LogP contribution in [0, 0.1) is 0 Å². The van der Waals surface area contributed by atoms with Crippen molar-refractivity contribution in [1.29, 1.82) is 0 Å². The molecule has 0 fully saturated rings. The highest BCUT2D eigenvalue weighted by atomic mass is 35.5. The second-order valence-corrected chi connectivity index (χ2v) is 7.07. The van der Waals surface area contributed by atoms with Crippen LogP contribution in [0.4, 0.5) is 5.69 Å². The van der Waals surface area contributed by atoms with Crippen LogP contribution < -0.4 is 10.6 Å². The fourth-order valence-corrected chi connectivity index (χ4v) is 3.26. The van der Waals surface area contributed by atoms with Gasteiger partial charge in [0.1, 0.15) is 0 Å². The molecule has 1 amide bonds. The lowest BCUT2D eigenvalue weighted by Crippen LogP contribution is -2.38. The fraction of sp³-hybridized carbons (Fsp3) is 0.0476. The van der Waals surface area contributed by atoms with E-state index in [1.54, 1.807) is 18.2 Å². The molecule has 0 aliphatic carbocycles. The number of rotatable bonds is 4. The Morgan fingerprint density at radius 2 is 1.41 bits per heavy atom. The van der Waals surface area contributed by atoms with Gasteiger partial charge in [0, 0.05) is 5.02 Å². The number of hydrogen-bond acceptors (Lipinski definition) is 2. The number of benzene rings is 3. The lowest BCUT2D eigenvalue weighted by atomic mass is 9.90. The minimum absolute atomic E-state index is 0.154. The number of hydrogen-bond donors (Lipinski definition) is 2. The van der Waals surface area contributed by atoms with Crippen LogP contribution in [-0.2, 0) is 4.79 Å². The third-order valence-corrected chi connectivity index (χ3v) is 4.71. The van der Waals surface area contributed by atoms with Crippen LogP contribution in [0.3, 0.4) is 0 Å². The Labute approximate surface area is 173 Å². The van der Waals surface area contributed by atoms with E-state index in [0.717, 1.165) is 11.1 Å². The topological polar surface area (TPSA) is 41.1 Å². The highest BCUT2D eigenvalue weighted by molar-refractivity contribution is 7.80. The van der Waals surface area contributed by atoms with E-state index >= 15 is 0 Å². The van der Waals surface area contributed by atoms with Gasteiger partial charge in [0.05, 0.1) is 16.6 Å². The molecule has 0 aliphatic heterocycles. The predicted molar refractivity (Wildman–Crippen MR) is 116 cm³/mol. The van der Waals surface area contributed by atoms with E-state index in [4.69, 9.17) is 35.4 Å². The minimum atomic E-state index is -0.484. The number of thiocarbonyl (C=S) groups is 1. The van der Waals surface area contributed by atoms with Crippen molar-refractivity contribution in [3.63, 3.8) is 0 Å². The molecule has 0 aliphatic rings. The molecule has 0 saturated heterocycles. The summed E-state index contributed by atoms with van der Waals surface area (Å²) >= 11 is 17.4. The summed E-state index contributed by atoms with van der Waals surface area (Å²) in [5.41, 5.74) is 2.29. The summed E-state index contributed by atoms with van der Waals surface area (Å²) in [7, 11) is 0. The van der Waals surface area contributed by atoms with E-state index in [0.29, 0.717) is 15.7 Å². The standard InChI is InChI=1S/C21H16Cl2N2OS/c22-16-11-12-17(23)18(13-16)24-21(27)25-20(26)19(14-7-3-1-4-8-14)15-9-5-2-6-10-15/h1-13,19H,(H2,24,25,26,27). The number of carbonyl (C=O) groups is 1. The maximum absolute atomic E-state index is 13.0. The summed E-state index contributed by atoms with van der Waals surface area (Å²) in [5.74, 6) is -0.718. The van der Waals surface area contributed by atoms with Crippen molar-refractivity contribution in [2.45, 2.75) is 5.92 Å². The van der Waals surface area contributed by atoms with Crippen molar-refractivity contribution in [3.8, 4) is 0 Å². The van der Waals surface area contributed by atoms with Crippen molar-refractivity contribution in [2.75, 3.05) is 5.32 Å². The number of carbonyl (C=O) groups excluding carboxylic acids is 1. The summed E-state index contributed by atoms with van der Waals surface area (Å²) in [6.45, 7) is 0. The molecule has 0 radical (unpaired) electrons. The largest absolute Gasteiger partial charge is 0.331 e. The molecular weight excluding hydrogens is 399 g/mol. The fourth-order valence-electron chi connectivity index (χ4n) is 2.72. The van der Waals surface area contributed by atoms with Gasteiger partial charge in [-0.25, -0.2) is 0 Å². The van der Waals surface area contributed by atoms with E-state index in [-0.39, 0.29) is 11.0 Å². The Kier molecular flexibility index (Phi) is 6.45. The molecule has 3 aromatic rings. The van der Waals surface area contributed by atoms with Crippen LogP contribution in [0.5, 0.6) is 0 Å². The van der Waals surface area contributed by atoms with Gasteiger partial charge in [-0.3, -0.25) is 4.79 Å². The van der Waals surface area contributed by atoms with E-state index in [2.05, 4.69) is 10.6 Å². The van der Waals surface area contributed by atoms with Gasteiger partial charge in [0.25, 0.3) is 0 Å². The molecule has 0 spiro atoms. The first kappa shape index (κ1) is 19.4. The smallest absolute Gasteiger partial charge is 0.238 e. The lowest BCUT2D eigenvalue weighted by molar-refractivity contribution is -0.120. The normalized spacial score (nSPS) is 10.5. The first-order chi connectivity index (χ1) is 13.0. The van der Waals surface area contributed by atoms with Crippen molar-refractivity contribution >= 4 is 52.1 Å². The minimum Gasteiger partial charge on any atom is -0.331 e. The van der Waals surface area contributed by atoms with E-state index in [9.17, 15) is 4.79 Å². The average molecular weight is 415 g/mol. The molecule has 6 heteroatoms. The van der Waals surface area contributed by atoms with Gasteiger partial charge in [-0.1, -0.05) is 83.9 Å². The monoisotopic (exact) mass is 414 g/mol. The van der Waals surface area contributed by atoms with Crippen LogP contribution in [0.1, 0.15) is 17.0 Å². The van der Waals surface area contributed by atoms with Gasteiger partial charge in [-0.05, 0) is 41.5 Å². The molecule has 2 N–H and O–H groups in total. The molecule has 0 heterocycles. The van der Waals surface area contributed by atoms with E-state index < -0.39 is 5.92 Å². The molecule has 3 rings (SSSR count). The third kappa shape index (κ3) is 5.07. The van der Waals surface area contributed by atoms with Crippen LogP contribution in [0.2, 0.25) is 10.0 Å². The number of halogens is 2. The molecule has 0 saturated carbocycles. The zero-order valence-electron chi connectivity index (χ0n) is 14.2. The molecule has 3 aromatic carbocycles. The van der Waals surface area contributed by atoms with Gasteiger partial charge in [0.15, 0.2) is 5.11 Å². The summed E-state index contributed by atoms with van der Waals surface area (Å²) in [6.07, 6.45) is 0. The molecule has 0 bridgehead atoms. The maximum atomic E-state index is 13.0. The highest BCUT2D eigenvalue weighted by Crippen LogP contribution is 2.26. The highest BCUT2D eigenvalue weighted by Gasteiger charge is 2.23. The van der Waals surface area contributed by atoms with Crippen LogP contribution in [0.15, 0.2) is 78.9 Å². The van der Waals surface area contributed by atoms with Gasteiger partial charge in [-0.15, -0.1) is 0 Å². The van der Waals surface area contributed by atoms with Gasteiger partial charge in [-0.2, -0.15) is 0 Å². The number of nitrogens with one attached hydrogen (secondary N) is 2. The number of amides is 1. The Hall–Kier alpha value is -2.40. The third-order valence-electron chi connectivity index (χ3n) is 3.94. The van der Waals surface area contributed by atoms with Gasteiger partial charge >= 0.3 is 0 Å². The zero-order chi connectivity index (χ0) is 19.2. The maximum Gasteiger partial charge on any atom is 0.238 e. The molecule has 0 atom stereocenters. The molecule has 0 unspecified atom stereocenters. The van der Waals surface area contributed by atoms with E-state index in [1.807, 2.05) is 60.7 Å². The molecule has 0 aromatic heterocycles. The Bertz CT molecular complexity index is 909. The lowest BCUT2D eigenvalue weighted by Gasteiger charge is -2.19. The first-order valence-corrected chi connectivity index (χ1v) is 9.38. The van der Waals surface area contributed by atoms with Gasteiger partial charge in [0.2, 0.25) is 5.91 Å². The molecule has 27 heavy (non-hydrogen) atoms. The van der Waals surface area contributed by atoms with E-state index in [1.165, 1.54) is 0 Å². The summed E-state index contributed by atoms with van der Waals surface area (Å²) in [4.78, 5) is 13.0. The summed E-state index contributed by atoms with van der Waals surface area (Å²) < 4.78 is 0. The Morgan fingerprint density at radius 3 is 1.96 bits per heavy atom. The average Bonchev–Trinajstić information content (AvgIpc) is 2.66. The van der Waals surface area contributed by atoms with Crippen molar-refractivity contribution in [1.82, 2.24) is 5.32 Å². The second-order valence-electron chi connectivity index (χ2n) is 5.82. The second kappa shape index (κ2) is 9.00. The quantitative estimate of drug-likeness (QED) is 0.542. The zero-order valence-corrected chi connectivity index (χ0v) is 16.5. The molecule has 3 nitrogen and oxygen atoms in total. The van der Waals surface area contributed by atoms with Crippen LogP contribution in [0.25, 0.3) is 0 Å². The first-order valence-electron chi connectivity index (χ1n) is 8.21. The SMILES string of the molecule is O=C(NC(=S)Nc1cc(Cl)ccc1Cl)C(c1ccccc1)c1ccccc1. The Balaban J connectivity index is 1.80. The van der Waals surface area contributed by atoms with Crippen molar-refractivity contribution in [2.24, 2.45) is 0 Å². The summed E-state index contributed by atoms with van der Waals surface area (Å²) in [5, 5.41) is 6.80. The Morgan fingerprint density at radius 1 is 0.852 bits per heavy atom. The molecular formula is C21H16Cl2N2OS. The van der Waals surface area contributed by atoms with Crippen LogP contribution >= 0.6 is 35.4 Å². The summed E-state index contributed by atoms with van der Waals surface area (Å²) in [6, 6.07) is 24.1. The van der Waals surface area contributed by atoms with Crippen LogP contribution in [-0.4, -0.2) is 11.0 Å². The number of anilines is 1. The van der Waals surface area contributed by atoms with Gasteiger partial charge < -0.3 is 10.6 Å². The molecule has 136 valence electrons. The van der Waals surface area contributed by atoms with Crippen molar-refractivity contribution < 1.29 is 4.79 Å².